The van der Waals surface area contributed by atoms with Crippen LogP contribution in [0.2, 0.25) is 0 Å². The van der Waals surface area contributed by atoms with Gasteiger partial charge in [0.1, 0.15) is 6.04 Å². The van der Waals surface area contributed by atoms with Crippen LogP contribution in [0, 0.1) is 0 Å². The predicted octanol–water partition coefficient (Wildman–Crippen LogP) is 1.53. The van der Waals surface area contributed by atoms with Gasteiger partial charge in [-0.3, -0.25) is 14.9 Å². The maximum atomic E-state index is 12.9. The molecule has 0 aromatic heterocycles. The third-order valence-electron chi connectivity index (χ3n) is 3.32. The van der Waals surface area contributed by atoms with Gasteiger partial charge >= 0.3 is 6.18 Å². The zero-order chi connectivity index (χ0) is 15.8. The molecule has 1 atom stereocenters. The van der Waals surface area contributed by atoms with Crippen molar-refractivity contribution in [1.29, 1.82) is 0 Å². The number of nitrogens with zero attached hydrogens (tertiary/aromatic N) is 1. The van der Waals surface area contributed by atoms with Crippen LogP contribution in [0.5, 0.6) is 0 Å². The number of piperazine rings is 1. The van der Waals surface area contributed by atoms with Gasteiger partial charge in [0.05, 0.1) is 12.1 Å². The molecule has 3 N–H and O–H groups in total. The fourth-order valence-electron chi connectivity index (χ4n) is 2.31. The van der Waals surface area contributed by atoms with Crippen LogP contribution in [-0.2, 0) is 15.8 Å². The number of hydrogen-bond donors (Lipinski definition) is 2. The molecule has 0 radical (unpaired) electrons. The number of nitrogen functional groups attached to an aromatic ring is 1. The monoisotopic (exact) mass is 301 g/mol. The van der Waals surface area contributed by atoms with E-state index in [1.807, 2.05) is 0 Å². The number of imide groups is 1. The fraction of sp³-hybridized carbons (Fsp3) is 0.385. The number of nitrogens with one attached hydrogen (secondary N) is 1. The van der Waals surface area contributed by atoms with Gasteiger partial charge in [-0.25, -0.2) is 0 Å². The van der Waals surface area contributed by atoms with E-state index in [2.05, 4.69) is 5.32 Å². The van der Waals surface area contributed by atoms with Gasteiger partial charge in [0.2, 0.25) is 11.8 Å². The Balaban J connectivity index is 2.44. The first-order valence-corrected chi connectivity index (χ1v) is 6.31. The Kier molecular flexibility index (Phi) is 3.80. The molecule has 114 valence electrons. The molecule has 2 rings (SSSR count). The third-order valence-corrected chi connectivity index (χ3v) is 3.32. The number of carbonyl (C=O) groups is 2. The molecule has 8 heteroatoms. The summed E-state index contributed by atoms with van der Waals surface area (Å²) < 4.78 is 38.7. The summed E-state index contributed by atoms with van der Waals surface area (Å²) >= 11 is 0. The topological polar surface area (TPSA) is 75.4 Å². The molecule has 1 heterocycles. The highest BCUT2D eigenvalue weighted by Gasteiger charge is 2.36. The molecule has 1 unspecified atom stereocenters. The van der Waals surface area contributed by atoms with Crippen LogP contribution in [0.4, 0.5) is 24.5 Å². The van der Waals surface area contributed by atoms with Crippen molar-refractivity contribution in [2.75, 3.05) is 17.2 Å². The average molecular weight is 301 g/mol. The van der Waals surface area contributed by atoms with Crippen molar-refractivity contribution >= 4 is 23.2 Å². The smallest absolute Gasteiger partial charge is 0.398 e. The summed E-state index contributed by atoms with van der Waals surface area (Å²) in [6.07, 6.45) is -4.23. The Morgan fingerprint density at radius 3 is 2.62 bits per heavy atom. The molecule has 1 aromatic rings. The van der Waals surface area contributed by atoms with Crippen molar-refractivity contribution < 1.29 is 22.8 Å². The number of rotatable bonds is 2. The Morgan fingerprint density at radius 2 is 2.05 bits per heavy atom. The lowest BCUT2D eigenvalue weighted by Crippen LogP contribution is -2.58. The normalized spacial score (nSPS) is 19.6. The van der Waals surface area contributed by atoms with Gasteiger partial charge in [0, 0.05) is 11.4 Å². The van der Waals surface area contributed by atoms with E-state index in [0.717, 1.165) is 12.1 Å². The quantitative estimate of drug-likeness (QED) is 0.641. The Hall–Kier alpha value is -2.25. The summed E-state index contributed by atoms with van der Waals surface area (Å²) in [7, 11) is 0. The van der Waals surface area contributed by atoms with Crippen LogP contribution in [0.3, 0.4) is 0 Å². The molecular weight excluding hydrogens is 287 g/mol. The van der Waals surface area contributed by atoms with Gasteiger partial charge in [0.15, 0.2) is 0 Å². The standard InChI is InChI=1S/C13H14F3N3O2/c1-2-10-12(21)18-11(20)6-19(10)7-3-4-9(17)8(5-7)13(14,15)16/h3-5,10H,2,6,17H2,1H3,(H,18,20,21). The van der Waals surface area contributed by atoms with E-state index < -0.39 is 35.3 Å². The highest BCUT2D eigenvalue weighted by atomic mass is 19.4. The fourth-order valence-corrected chi connectivity index (χ4v) is 2.31. The number of nitrogens with two attached hydrogens (primary N) is 1. The van der Waals surface area contributed by atoms with Crippen molar-refractivity contribution in [3.8, 4) is 0 Å². The van der Waals surface area contributed by atoms with Gasteiger partial charge in [0.25, 0.3) is 0 Å². The minimum atomic E-state index is -4.59. The SMILES string of the molecule is CCC1C(=O)NC(=O)CN1c1ccc(N)c(C(F)(F)F)c1. The summed E-state index contributed by atoms with van der Waals surface area (Å²) in [5.41, 5.74) is 4.11. The molecule has 1 saturated heterocycles. The van der Waals surface area contributed by atoms with Gasteiger partial charge in [-0.1, -0.05) is 6.92 Å². The van der Waals surface area contributed by atoms with Crippen LogP contribution in [0.1, 0.15) is 18.9 Å². The summed E-state index contributed by atoms with van der Waals surface area (Å²) in [4.78, 5) is 24.6. The number of amides is 2. The molecule has 0 saturated carbocycles. The number of anilines is 2. The number of halogens is 3. The van der Waals surface area contributed by atoms with Crippen LogP contribution in [-0.4, -0.2) is 24.4 Å². The molecule has 21 heavy (non-hydrogen) atoms. The van der Waals surface area contributed by atoms with Crippen molar-refractivity contribution in [3.05, 3.63) is 23.8 Å². The second-order valence-corrected chi connectivity index (χ2v) is 4.73. The van der Waals surface area contributed by atoms with E-state index in [4.69, 9.17) is 5.73 Å². The highest BCUT2D eigenvalue weighted by molar-refractivity contribution is 6.04. The van der Waals surface area contributed by atoms with Crippen molar-refractivity contribution in [1.82, 2.24) is 5.32 Å². The van der Waals surface area contributed by atoms with Gasteiger partial charge < -0.3 is 10.6 Å². The summed E-state index contributed by atoms with van der Waals surface area (Å²) in [6, 6.07) is 2.68. The van der Waals surface area contributed by atoms with E-state index >= 15 is 0 Å². The van der Waals surface area contributed by atoms with E-state index in [1.165, 1.54) is 11.0 Å². The van der Waals surface area contributed by atoms with E-state index in [0.29, 0.717) is 6.42 Å². The van der Waals surface area contributed by atoms with Crippen LogP contribution in [0.25, 0.3) is 0 Å². The van der Waals surface area contributed by atoms with Crippen LogP contribution >= 0.6 is 0 Å². The van der Waals surface area contributed by atoms with Crippen molar-refractivity contribution in [2.24, 2.45) is 0 Å². The third kappa shape index (κ3) is 2.93. The summed E-state index contributed by atoms with van der Waals surface area (Å²) in [5.74, 6) is -1.06. The van der Waals surface area contributed by atoms with E-state index in [-0.39, 0.29) is 12.2 Å². The summed E-state index contributed by atoms with van der Waals surface area (Å²) in [6.45, 7) is 1.54. The molecule has 1 aliphatic rings. The van der Waals surface area contributed by atoms with Gasteiger partial charge in [-0.05, 0) is 24.6 Å². The Morgan fingerprint density at radius 1 is 1.38 bits per heavy atom. The maximum Gasteiger partial charge on any atom is 0.418 e. The largest absolute Gasteiger partial charge is 0.418 e. The predicted molar refractivity (Wildman–Crippen MR) is 70.4 cm³/mol. The first kappa shape index (κ1) is 15.1. The molecule has 2 amide bonds. The molecule has 0 bridgehead atoms. The van der Waals surface area contributed by atoms with Crippen molar-refractivity contribution in [2.45, 2.75) is 25.6 Å². The van der Waals surface area contributed by atoms with Crippen LogP contribution < -0.4 is 16.0 Å². The van der Waals surface area contributed by atoms with Crippen LogP contribution in [0.15, 0.2) is 18.2 Å². The van der Waals surface area contributed by atoms with Gasteiger partial charge in [-0.2, -0.15) is 13.2 Å². The minimum absolute atomic E-state index is 0.145. The lowest BCUT2D eigenvalue weighted by atomic mass is 10.1. The lowest BCUT2D eigenvalue weighted by molar-refractivity contribution is -0.137. The number of carbonyl (C=O) groups excluding carboxylic acids is 2. The Labute approximate surface area is 118 Å². The van der Waals surface area contributed by atoms with E-state index in [9.17, 15) is 22.8 Å². The van der Waals surface area contributed by atoms with Crippen molar-refractivity contribution in [3.63, 3.8) is 0 Å². The molecular formula is C13H14F3N3O2. The average Bonchev–Trinajstić information content (AvgIpc) is 2.37. The maximum absolute atomic E-state index is 12.9. The zero-order valence-corrected chi connectivity index (χ0v) is 11.2. The lowest BCUT2D eigenvalue weighted by Gasteiger charge is -2.35. The number of benzene rings is 1. The zero-order valence-electron chi connectivity index (χ0n) is 11.2. The minimum Gasteiger partial charge on any atom is -0.398 e. The number of alkyl halides is 3. The second-order valence-electron chi connectivity index (χ2n) is 4.73. The summed E-state index contributed by atoms with van der Waals surface area (Å²) in [5, 5.41) is 2.17. The molecule has 0 spiro atoms. The Bertz CT molecular complexity index is 587. The molecule has 0 aliphatic carbocycles. The molecule has 1 fully saturated rings. The van der Waals surface area contributed by atoms with E-state index in [1.54, 1.807) is 6.92 Å². The highest BCUT2D eigenvalue weighted by Crippen LogP contribution is 2.36. The first-order valence-electron chi connectivity index (χ1n) is 6.31. The van der Waals surface area contributed by atoms with Gasteiger partial charge in [-0.15, -0.1) is 0 Å². The molecule has 5 nitrogen and oxygen atoms in total. The molecule has 1 aliphatic heterocycles. The number of hydrogen-bond acceptors (Lipinski definition) is 4. The molecule has 1 aromatic carbocycles. The second kappa shape index (κ2) is 5.27. The first-order chi connectivity index (χ1) is 9.74.